The predicted octanol–water partition coefficient (Wildman–Crippen LogP) is 4.04. The topological polar surface area (TPSA) is 38.0 Å². The number of rotatable bonds is 5. The Balaban J connectivity index is 2.25. The summed E-state index contributed by atoms with van der Waals surface area (Å²) in [6.45, 7) is 2.09. The van der Waals surface area contributed by atoms with Crippen molar-refractivity contribution in [3.63, 3.8) is 0 Å². The minimum absolute atomic E-state index is 0.107. The van der Waals surface area contributed by atoms with Crippen molar-refractivity contribution in [2.24, 2.45) is 5.84 Å². The second kappa shape index (κ2) is 7.11. The molecule has 2 aromatic rings. The van der Waals surface area contributed by atoms with Gasteiger partial charge in [-0.05, 0) is 51.5 Å². The molecule has 21 heavy (non-hydrogen) atoms. The summed E-state index contributed by atoms with van der Waals surface area (Å²) in [5.74, 6) is 3.80. The fraction of sp³-hybridized carbons (Fsp3) is 0.250. The normalized spacial score (nSPS) is 12.4. The van der Waals surface area contributed by atoms with E-state index in [-0.39, 0.29) is 10.5 Å². The zero-order valence-electron chi connectivity index (χ0n) is 11.7. The minimum Gasteiger partial charge on any atom is -0.271 e. The van der Waals surface area contributed by atoms with Gasteiger partial charge in [0.1, 0.15) is 0 Å². The van der Waals surface area contributed by atoms with Gasteiger partial charge in [0.05, 0.1) is 10.5 Å². The molecule has 0 saturated heterocycles. The highest BCUT2D eigenvalue weighted by atomic mass is 79.9. The first kappa shape index (κ1) is 16.1. The fourth-order valence-electron chi connectivity index (χ4n) is 2.22. The SMILES string of the molecule is CCc1ccc(CC(NN)c2ccc(F)c(F)c2Br)cc1. The summed E-state index contributed by atoms with van der Waals surface area (Å²) < 4.78 is 26.9. The lowest BCUT2D eigenvalue weighted by molar-refractivity contribution is 0.491. The summed E-state index contributed by atoms with van der Waals surface area (Å²) in [5.41, 5.74) is 5.59. The van der Waals surface area contributed by atoms with E-state index in [2.05, 4.69) is 40.4 Å². The highest BCUT2D eigenvalue weighted by molar-refractivity contribution is 9.10. The molecule has 0 aliphatic heterocycles. The van der Waals surface area contributed by atoms with Gasteiger partial charge in [0.2, 0.25) is 0 Å². The van der Waals surface area contributed by atoms with Gasteiger partial charge in [0.15, 0.2) is 11.6 Å². The Kier molecular flexibility index (Phi) is 5.45. The number of benzene rings is 2. The lowest BCUT2D eigenvalue weighted by Gasteiger charge is -2.18. The van der Waals surface area contributed by atoms with Gasteiger partial charge in [-0.15, -0.1) is 0 Å². The third-order valence-corrected chi connectivity index (χ3v) is 4.32. The Morgan fingerprint density at radius 3 is 2.29 bits per heavy atom. The molecule has 0 amide bonds. The van der Waals surface area contributed by atoms with Crippen molar-refractivity contribution >= 4 is 15.9 Å². The number of hydrogen-bond acceptors (Lipinski definition) is 2. The van der Waals surface area contributed by atoms with E-state index in [4.69, 9.17) is 5.84 Å². The molecule has 1 atom stereocenters. The molecular weight excluding hydrogens is 338 g/mol. The molecule has 0 fully saturated rings. The Morgan fingerprint density at radius 2 is 1.71 bits per heavy atom. The first-order valence-corrected chi connectivity index (χ1v) is 7.53. The number of nitrogens with two attached hydrogens (primary N) is 1. The van der Waals surface area contributed by atoms with Crippen LogP contribution in [0.15, 0.2) is 40.9 Å². The van der Waals surface area contributed by atoms with E-state index in [0.717, 1.165) is 18.1 Å². The lowest BCUT2D eigenvalue weighted by atomic mass is 9.98. The molecule has 1 unspecified atom stereocenters. The molecule has 2 nitrogen and oxygen atoms in total. The molecule has 0 aliphatic rings. The number of aryl methyl sites for hydroxylation is 1. The van der Waals surface area contributed by atoms with Crippen molar-refractivity contribution in [1.29, 1.82) is 0 Å². The van der Waals surface area contributed by atoms with Crippen molar-refractivity contribution in [3.8, 4) is 0 Å². The van der Waals surface area contributed by atoms with Crippen LogP contribution in [0.4, 0.5) is 8.78 Å². The van der Waals surface area contributed by atoms with Crippen LogP contribution in [-0.4, -0.2) is 0 Å². The number of nitrogens with one attached hydrogen (secondary N) is 1. The van der Waals surface area contributed by atoms with Crippen LogP contribution < -0.4 is 11.3 Å². The summed E-state index contributed by atoms with van der Waals surface area (Å²) in [6.07, 6.45) is 1.57. The molecule has 112 valence electrons. The lowest BCUT2D eigenvalue weighted by Crippen LogP contribution is -2.30. The van der Waals surface area contributed by atoms with Crippen molar-refractivity contribution < 1.29 is 8.78 Å². The van der Waals surface area contributed by atoms with Gasteiger partial charge in [-0.3, -0.25) is 11.3 Å². The molecule has 0 bridgehead atoms. The van der Waals surface area contributed by atoms with Crippen LogP contribution in [0.5, 0.6) is 0 Å². The summed E-state index contributed by atoms with van der Waals surface area (Å²) in [4.78, 5) is 0. The Morgan fingerprint density at radius 1 is 1.10 bits per heavy atom. The predicted molar refractivity (Wildman–Crippen MR) is 83.6 cm³/mol. The first-order chi connectivity index (χ1) is 10.1. The van der Waals surface area contributed by atoms with E-state index in [1.165, 1.54) is 11.6 Å². The summed E-state index contributed by atoms with van der Waals surface area (Å²) in [6, 6.07) is 10.5. The summed E-state index contributed by atoms with van der Waals surface area (Å²) >= 11 is 3.10. The van der Waals surface area contributed by atoms with Crippen LogP contribution in [-0.2, 0) is 12.8 Å². The van der Waals surface area contributed by atoms with Crippen molar-refractivity contribution in [3.05, 3.63) is 69.2 Å². The second-order valence-electron chi connectivity index (χ2n) is 4.86. The molecule has 0 aromatic heterocycles. The van der Waals surface area contributed by atoms with Gasteiger partial charge in [0.25, 0.3) is 0 Å². The molecule has 0 aliphatic carbocycles. The van der Waals surface area contributed by atoms with Crippen molar-refractivity contribution in [1.82, 2.24) is 5.43 Å². The van der Waals surface area contributed by atoms with Gasteiger partial charge < -0.3 is 0 Å². The largest absolute Gasteiger partial charge is 0.271 e. The molecule has 2 rings (SSSR count). The Hall–Kier alpha value is -1.30. The van der Waals surface area contributed by atoms with Crippen LogP contribution >= 0.6 is 15.9 Å². The van der Waals surface area contributed by atoms with Crippen LogP contribution in [0, 0.1) is 11.6 Å². The zero-order chi connectivity index (χ0) is 15.4. The average molecular weight is 355 g/mol. The number of hydrogen-bond donors (Lipinski definition) is 2. The maximum absolute atomic E-state index is 13.6. The van der Waals surface area contributed by atoms with Gasteiger partial charge in [-0.25, -0.2) is 8.78 Å². The highest BCUT2D eigenvalue weighted by Gasteiger charge is 2.18. The molecule has 5 heteroatoms. The first-order valence-electron chi connectivity index (χ1n) is 6.74. The molecule has 3 N–H and O–H groups in total. The maximum atomic E-state index is 13.6. The van der Waals surface area contributed by atoms with E-state index in [0.29, 0.717) is 12.0 Å². The summed E-state index contributed by atoms with van der Waals surface area (Å²) in [7, 11) is 0. The Labute approximate surface area is 131 Å². The van der Waals surface area contributed by atoms with Crippen LogP contribution in [0.25, 0.3) is 0 Å². The van der Waals surface area contributed by atoms with E-state index in [1.807, 2.05) is 12.1 Å². The second-order valence-corrected chi connectivity index (χ2v) is 5.65. The Bertz CT molecular complexity index is 614. The van der Waals surface area contributed by atoms with Crippen LogP contribution in [0.1, 0.15) is 29.7 Å². The number of hydrazine groups is 1. The van der Waals surface area contributed by atoms with E-state index >= 15 is 0 Å². The molecule has 0 heterocycles. The third-order valence-electron chi connectivity index (χ3n) is 3.51. The molecular formula is C16H17BrF2N2. The molecule has 0 spiro atoms. The molecule has 2 aromatic carbocycles. The monoisotopic (exact) mass is 354 g/mol. The fourth-order valence-corrected chi connectivity index (χ4v) is 2.81. The highest BCUT2D eigenvalue weighted by Crippen LogP contribution is 2.29. The maximum Gasteiger partial charge on any atom is 0.173 e. The van der Waals surface area contributed by atoms with Gasteiger partial charge in [-0.1, -0.05) is 37.3 Å². The molecule has 0 radical (unpaired) electrons. The smallest absolute Gasteiger partial charge is 0.173 e. The molecule has 0 saturated carbocycles. The van der Waals surface area contributed by atoms with Crippen LogP contribution in [0.2, 0.25) is 0 Å². The summed E-state index contributed by atoms with van der Waals surface area (Å²) in [5, 5.41) is 0. The van der Waals surface area contributed by atoms with Gasteiger partial charge >= 0.3 is 0 Å². The van der Waals surface area contributed by atoms with Gasteiger partial charge in [-0.2, -0.15) is 0 Å². The minimum atomic E-state index is -0.894. The van der Waals surface area contributed by atoms with Gasteiger partial charge in [0, 0.05) is 0 Å². The van der Waals surface area contributed by atoms with E-state index in [1.54, 1.807) is 0 Å². The third kappa shape index (κ3) is 3.67. The quantitative estimate of drug-likeness (QED) is 0.483. The van der Waals surface area contributed by atoms with Crippen molar-refractivity contribution in [2.75, 3.05) is 0 Å². The number of halogens is 3. The standard InChI is InChI=1S/C16H17BrF2N2/c1-2-10-3-5-11(6-4-10)9-14(21-20)12-7-8-13(18)16(19)15(12)17/h3-8,14,21H,2,9,20H2,1H3. The van der Waals surface area contributed by atoms with E-state index in [9.17, 15) is 8.78 Å². The van der Waals surface area contributed by atoms with Crippen LogP contribution in [0.3, 0.4) is 0 Å². The van der Waals surface area contributed by atoms with Crippen molar-refractivity contribution in [2.45, 2.75) is 25.8 Å². The average Bonchev–Trinajstić information content (AvgIpc) is 2.51. The zero-order valence-corrected chi connectivity index (χ0v) is 13.3. The van der Waals surface area contributed by atoms with E-state index < -0.39 is 11.6 Å².